The van der Waals surface area contributed by atoms with Gasteiger partial charge in [-0.2, -0.15) is 0 Å². The van der Waals surface area contributed by atoms with E-state index in [9.17, 15) is 14.4 Å². The summed E-state index contributed by atoms with van der Waals surface area (Å²) in [5, 5.41) is 18.0. The highest BCUT2D eigenvalue weighted by molar-refractivity contribution is 5.81. The van der Waals surface area contributed by atoms with Gasteiger partial charge in [0.25, 0.3) is 0 Å². The van der Waals surface area contributed by atoms with Crippen LogP contribution in [-0.4, -0.2) is 40.3 Å². The lowest BCUT2D eigenvalue weighted by atomic mass is 9.46. The Kier molecular flexibility index (Phi) is 7.61. The Morgan fingerprint density at radius 3 is 2.38 bits per heavy atom. The van der Waals surface area contributed by atoms with Gasteiger partial charge in [0.15, 0.2) is 0 Å². The third kappa shape index (κ3) is 5.00. The summed E-state index contributed by atoms with van der Waals surface area (Å²) in [5.41, 5.74) is 6.00. The molecule has 4 N–H and O–H groups in total. The molecule has 4 saturated carbocycles. The molecule has 0 amide bonds. The van der Waals surface area contributed by atoms with Gasteiger partial charge in [0.05, 0.1) is 6.42 Å². The maximum atomic E-state index is 12.3. The largest absolute Gasteiger partial charge is 0.481 e. The number of carboxylic acids is 2. The van der Waals surface area contributed by atoms with Crippen LogP contribution in [-0.2, 0) is 19.1 Å². The summed E-state index contributed by atoms with van der Waals surface area (Å²) in [7, 11) is 0. The van der Waals surface area contributed by atoms with E-state index in [1.807, 2.05) is 0 Å². The van der Waals surface area contributed by atoms with Crippen molar-refractivity contribution in [1.82, 2.24) is 0 Å². The lowest BCUT2D eigenvalue weighted by molar-refractivity contribution is -0.163. The van der Waals surface area contributed by atoms with E-state index in [4.69, 9.17) is 20.7 Å². The molecule has 0 spiro atoms. The summed E-state index contributed by atoms with van der Waals surface area (Å²) < 4.78 is 5.66. The average Bonchev–Trinajstić information content (AvgIpc) is 3.21. The van der Waals surface area contributed by atoms with E-state index in [0.29, 0.717) is 17.8 Å². The Balaban J connectivity index is 1.36. The molecule has 0 aromatic heterocycles. The summed E-state index contributed by atoms with van der Waals surface area (Å²) in [6.07, 6.45) is 10.8. The monoisotopic (exact) mass is 477 g/mol. The molecule has 7 heteroatoms. The molecule has 4 rings (SSSR count). The number of carbonyl (C=O) groups excluding carboxylic acids is 1. The zero-order chi connectivity index (χ0) is 24.6. The van der Waals surface area contributed by atoms with Gasteiger partial charge in [-0.05, 0) is 111 Å². The minimum absolute atomic E-state index is 0.149. The Labute approximate surface area is 203 Å². The van der Waals surface area contributed by atoms with E-state index >= 15 is 0 Å². The quantitative estimate of drug-likeness (QED) is 0.440. The third-order valence-corrected chi connectivity index (χ3v) is 10.5. The van der Waals surface area contributed by atoms with E-state index in [1.165, 1.54) is 38.5 Å². The predicted octanol–water partition coefficient (Wildman–Crippen LogP) is 4.47. The third-order valence-electron chi connectivity index (χ3n) is 10.5. The van der Waals surface area contributed by atoms with Crippen molar-refractivity contribution in [1.29, 1.82) is 0 Å². The minimum Gasteiger partial charge on any atom is -0.481 e. The lowest BCUT2D eigenvalue weighted by Gasteiger charge is -2.59. The zero-order valence-corrected chi connectivity index (χ0v) is 20.8. The molecule has 10 atom stereocenters. The summed E-state index contributed by atoms with van der Waals surface area (Å²) in [5.74, 6) is 2.43. The van der Waals surface area contributed by atoms with Gasteiger partial charge in [0, 0.05) is 6.42 Å². The number of hydrogen-bond acceptors (Lipinski definition) is 5. The molecule has 7 nitrogen and oxygen atoms in total. The molecule has 4 aliphatic rings. The van der Waals surface area contributed by atoms with Gasteiger partial charge < -0.3 is 20.7 Å². The summed E-state index contributed by atoms with van der Waals surface area (Å²) >= 11 is 0. The number of carbonyl (C=O) groups is 3. The molecule has 2 unspecified atom stereocenters. The fourth-order valence-electron chi connectivity index (χ4n) is 8.82. The summed E-state index contributed by atoms with van der Waals surface area (Å²) in [4.78, 5) is 34.2. The first-order chi connectivity index (χ1) is 16.1. The van der Waals surface area contributed by atoms with Crippen LogP contribution in [0.5, 0.6) is 0 Å². The van der Waals surface area contributed by atoms with Crippen molar-refractivity contribution >= 4 is 17.9 Å². The van der Waals surface area contributed by atoms with Gasteiger partial charge in [-0.25, -0.2) is 0 Å². The number of fused-ring (bicyclic) bond motifs is 5. The normalized spacial score (nSPS) is 40.9. The van der Waals surface area contributed by atoms with Gasteiger partial charge in [0.2, 0.25) is 0 Å². The van der Waals surface area contributed by atoms with Gasteiger partial charge in [0.1, 0.15) is 12.1 Å². The lowest BCUT2D eigenvalue weighted by Crippen LogP contribution is -2.52. The van der Waals surface area contributed by atoms with Crippen molar-refractivity contribution in [2.24, 2.45) is 52.6 Å². The van der Waals surface area contributed by atoms with Crippen LogP contribution in [0.1, 0.15) is 90.9 Å². The van der Waals surface area contributed by atoms with Crippen molar-refractivity contribution in [2.45, 2.75) is 103 Å². The number of ether oxygens (including phenoxy) is 1. The summed E-state index contributed by atoms with van der Waals surface area (Å²) in [6, 6.07) is -1.09. The SMILES string of the molecule is C[C@H](CCC(=O)O)[C@H]1CCC2C1CC[C@H]1[C@H]2CC[C@@H]2C[C@H](OC(=O)[C@@H](N)CC(=O)O)CC[C@@]21C. The molecule has 4 aliphatic carbocycles. The second-order valence-corrected chi connectivity index (χ2v) is 12.1. The molecule has 0 saturated heterocycles. The maximum Gasteiger partial charge on any atom is 0.323 e. The first kappa shape index (κ1) is 25.5. The van der Waals surface area contributed by atoms with Gasteiger partial charge >= 0.3 is 17.9 Å². The molecule has 0 aromatic carbocycles. The van der Waals surface area contributed by atoms with Crippen LogP contribution in [0.25, 0.3) is 0 Å². The van der Waals surface area contributed by atoms with E-state index in [0.717, 1.165) is 49.4 Å². The molecular formula is C27H43NO6. The molecule has 0 radical (unpaired) electrons. The number of rotatable bonds is 8. The van der Waals surface area contributed by atoms with Crippen LogP contribution in [0.3, 0.4) is 0 Å². The Morgan fingerprint density at radius 1 is 0.971 bits per heavy atom. The molecule has 0 heterocycles. The number of carboxylic acid groups (broad SMARTS) is 2. The van der Waals surface area contributed by atoms with Gasteiger partial charge in [-0.3, -0.25) is 14.4 Å². The molecule has 4 fully saturated rings. The van der Waals surface area contributed by atoms with Crippen molar-refractivity contribution in [3.05, 3.63) is 0 Å². The van der Waals surface area contributed by atoms with Crippen LogP contribution < -0.4 is 5.73 Å². The van der Waals surface area contributed by atoms with E-state index in [1.54, 1.807) is 0 Å². The topological polar surface area (TPSA) is 127 Å². The van der Waals surface area contributed by atoms with Crippen LogP contribution in [0.4, 0.5) is 0 Å². The van der Waals surface area contributed by atoms with Crippen molar-refractivity contribution < 1.29 is 29.3 Å². The van der Waals surface area contributed by atoms with Crippen LogP contribution in [0, 0.1) is 46.8 Å². The molecular weight excluding hydrogens is 434 g/mol. The fraction of sp³-hybridized carbons (Fsp3) is 0.889. The smallest absolute Gasteiger partial charge is 0.323 e. The van der Waals surface area contributed by atoms with Gasteiger partial charge in [-0.15, -0.1) is 0 Å². The average molecular weight is 478 g/mol. The highest BCUT2D eigenvalue weighted by atomic mass is 16.5. The van der Waals surface area contributed by atoms with E-state index in [-0.39, 0.29) is 17.9 Å². The zero-order valence-electron chi connectivity index (χ0n) is 20.8. The van der Waals surface area contributed by atoms with Crippen molar-refractivity contribution in [2.75, 3.05) is 0 Å². The molecule has 34 heavy (non-hydrogen) atoms. The number of nitrogens with two attached hydrogens (primary N) is 1. The van der Waals surface area contributed by atoms with Crippen molar-refractivity contribution in [3.63, 3.8) is 0 Å². The van der Waals surface area contributed by atoms with Crippen LogP contribution in [0.15, 0.2) is 0 Å². The van der Waals surface area contributed by atoms with Crippen LogP contribution in [0.2, 0.25) is 0 Å². The second kappa shape index (κ2) is 10.2. The number of aliphatic carboxylic acids is 2. The van der Waals surface area contributed by atoms with E-state index < -0.39 is 30.4 Å². The minimum atomic E-state index is -1.09. The van der Waals surface area contributed by atoms with Crippen molar-refractivity contribution in [3.8, 4) is 0 Å². The highest BCUT2D eigenvalue weighted by Gasteiger charge is 2.57. The number of esters is 1. The molecule has 0 bridgehead atoms. The Hall–Kier alpha value is -1.63. The Morgan fingerprint density at radius 2 is 1.68 bits per heavy atom. The molecule has 192 valence electrons. The standard InChI is InChI=1S/C27H43NO6/c1-15(3-10-24(29)30)18-6-7-20-19(18)8-9-22-21(20)5-4-16-13-17(11-12-27(16,22)2)34-26(33)23(28)14-25(31)32/h15-23H,3-14,28H2,1-2H3,(H,29,30)(H,31,32)/t15-,16-,17-,18-,19?,20?,21+,22+,23+,27+/m1/s1. The fourth-order valence-corrected chi connectivity index (χ4v) is 8.82. The first-order valence-corrected chi connectivity index (χ1v) is 13.5. The van der Waals surface area contributed by atoms with Crippen LogP contribution >= 0.6 is 0 Å². The predicted molar refractivity (Wildman–Crippen MR) is 127 cm³/mol. The van der Waals surface area contributed by atoms with E-state index in [2.05, 4.69) is 13.8 Å². The Bertz CT molecular complexity index is 785. The first-order valence-electron chi connectivity index (χ1n) is 13.5. The van der Waals surface area contributed by atoms with Gasteiger partial charge in [-0.1, -0.05) is 13.8 Å². The molecule has 0 aromatic rings. The highest BCUT2D eigenvalue weighted by Crippen LogP contribution is 2.64. The second-order valence-electron chi connectivity index (χ2n) is 12.1. The summed E-state index contributed by atoms with van der Waals surface area (Å²) in [6.45, 7) is 4.75. The molecule has 0 aliphatic heterocycles. The number of hydrogen-bond donors (Lipinski definition) is 3. The maximum absolute atomic E-state index is 12.3.